The number of amides is 2. The van der Waals surface area contributed by atoms with Crippen molar-refractivity contribution < 1.29 is 9.59 Å². The van der Waals surface area contributed by atoms with Crippen LogP contribution in [0.5, 0.6) is 0 Å². The quantitative estimate of drug-likeness (QED) is 0.845. The van der Waals surface area contributed by atoms with Crippen LogP contribution in [0.15, 0.2) is 48.5 Å². The Hall–Kier alpha value is -2.62. The number of nitrogens with zero attached hydrogens (tertiary/aromatic N) is 2. The molecule has 2 aromatic rings. The fraction of sp³-hybridized carbons (Fsp3) is 0.300. The van der Waals surface area contributed by atoms with E-state index < -0.39 is 0 Å². The SMILES string of the molecule is CCN(C)C(=O)c1cccc(-c2cccc(CN(C)C(C)=O)c2)c1. The van der Waals surface area contributed by atoms with Crippen LogP contribution in [0.25, 0.3) is 11.1 Å². The van der Waals surface area contributed by atoms with Crippen molar-refractivity contribution in [3.63, 3.8) is 0 Å². The molecule has 4 nitrogen and oxygen atoms in total. The molecule has 0 unspecified atom stereocenters. The molecule has 126 valence electrons. The maximum absolute atomic E-state index is 12.3. The van der Waals surface area contributed by atoms with Gasteiger partial charge in [-0.2, -0.15) is 0 Å². The number of hydrogen-bond donors (Lipinski definition) is 0. The van der Waals surface area contributed by atoms with E-state index in [1.54, 1.807) is 30.8 Å². The van der Waals surface area contributed by atoms with Crippen molar-refractivity contribution >= 4 is 11.8 Å². The van der Waals surface area contributed by atoms with Crippen molar-refractivity contribution in [3.05, 3.63) is 59.7 Å². The Bertz CT molecular complexity index is 740. The van der Waals surface area contributed by atoms with Crippen molar-refractivity contribution in [1.29, 1.82) is 0 Å². The average molecular weight is 324 g/mol. The van der Waals surface area contributed by atoms with Crippen LogP contribution in [0.4, 0.5) is 0 Å². The Morgan fingerprint density at radius 2 is 1.54 bits per heavy atom. The summed E-state index contributed by atoms with van der Waals surface area (Å²) in [7, 11) is 3.59. The first-order chi connectivity index (χ1) is 11.4. The van der Waals surface area contributed by atoms with Gasteiger partial charge in [0.2, 0.25) is 5.91 Å². The van der Waals surface area contributed by atoms with Crippen LogP contribution in [0.3, 0.4) is 0 Å². The highest BCUT2D eigenvalue weighted by molar-refractivity contribution is 5.95. The normalized spacial score (nSPS) is 10.3. The van der Waals surface area contributed by atoms with Gasteiger partial charge in [0.15, 0.2) is 0 Å². The molecule has 0 atom stereocenters. The van der Waals surface area contributed by atoms with Gasteiger partial charge in [-0.15, -0.1) is 0 Å². The van der Waals surface area contributed by atoms with Gasteiger partial charge in [0.05, 0.1) is 0 Å². The first kappa shape index (κ1) is 17.7. The summed E-state index contributed by atoms with van der Waals surface area (Å²) in [6, 6.07) is 15.7. The van der Waals surface area contributed by atoms with Gasteiger partial charge in [0.1, 0.15) is 0 Å². The van der Waals surface area contributed by atoms with E-state index in [4.69, 9.17) is 0 Å². The van der Waals surface area contributed by atoms with E-state index in [0.29, 0.717) is 18.7 Å². The predicted molar refractivity (Wildman–Crippen MR) is 96.7 cm³/mol. The summed E-state index contributed by atoms with van der Waals surface area (Å²) in [5.74, 6) is 0.0578. The van der Waals surface area contributed by atoms with Crippen LogP contribution < -0.4 is 0 Å². The van der Waals surface area contributed by atoms with Crippen LogP contribution >= 0.6 is 0 Å². The molecule has 0 aromatic heterocycles. The van der Waals surface area contributed by atoms with Crippen molar-refractivity contribution in [1.82, 2.24) is 9.80 Å². The largest absolute Gasteiger partial charge is 0.342 e. The average Bonchev–Trinajstić information content (AvgIpc) is 2.60. The lowest BCUT2D eigenvalue weighted by Gasteiger charge is -2.16. The lowest BCUT2D eigenvalue weighted by atomic mass is 10.0. The molecular weight excluding hydrogens is 300 g/mol. The molecular formula is C20H24N2O2. The Balaban J connectivity index is 2.29. The van der Waals surface area contributed by atoms with Crippen LogP contribution in [0.1, 0.15) is 29.8 Å². The van der Waals surface area contributed by atoms with Gasteiger partial charge in [-0.05, 0) is 41.8 Å². The molecule has 4 heteroatoms. The summed E-state index contributed by atoms with van der Waals surface area (Å²) >= 11 is 0. The molecule has 0 saturated carbocycles. The highest BCUT2D eigenvalue weighted by Crippen LogP contribution is 2.22. The van der Waals surface area contributed by atoms with Crippen LogP contribution in [-0.4, -0.2) is 42.3 Å². The lowest BCUT2D eigenvalue weighted by Crippen LogP contribution is -2.26. The van der Waals surface area contributed by atoms with E-state index >= 15 is 0 Å². The van der Waals surface area contributed by atoms with Gasteiger partial charge >= 0.3 is 0 Å². The summed E-state index contributed by atoms with van der Waals surface area (Å²) in [6.07, 6.45) is 0. The highest BCUT2D eigenvalue weighted by Gasteiger charge is 2.11. The van der Waals surface area contributed by atoms with Crippen molar-refractivity contribution in [2.45, 2.75) is 20.4 Å². The number of hydrogen-bond acceptors (Lipinski definition) is 2. The third-order valence-electron chi connectivity index (χ3n) is 4.15. The molecule has 0 radical (unpaired) electrons. The topological polar surface area (TPSA) is 40.6 Å². The zero-order valence-electron chi connectivity index (χ0n) is 14.7. The lowest BCUT2D eigenvalue weighted by molar-refractivity contribution is -0.128. The minimum Gasteiger partial charge on any atom is -0.342 e. The van der Waals surface area contributed by atoms with Gasteiger partial charge in [-0.3, -0.25) is 9.59 Å². The first-order valence-corrected chi connectivity index (χ1v) is 8.09. The summed E-state index contributed by atoms with van der Waals surface area (Å²) in [4.78, 5) is 27.1. The van der Waals surface area contributed by atoms with Crippen molar-refractivity contribution in [2.24, 2.45) is 0 Å². The fourth-order valence-corrected chi connectivity index (χ4v) is 2.43. The molecule has 0 aliphatic heterocycles. The second-order valence-corrected chi connectivity index (χ2v) is 5.98. The molecule has 0 N–H and O–H groups in total. The monoisotopic (exact) mass is 324 g/mol. The van der Waals surface area contributed by atoms with E-state index in [2.05, 4.69) is 6.07 Å². The third-order valence-corrected chi connectivity index (χ3v) is 4.15. The predicted octanol–water partition coefficient (Wildman–Crippen LogP) is 3.42. The molecule has 0 spiro atoms. The van der Waals surface area contributed by atoms with E-state index in [0.717, 1.165) is 16.7 Å². The standard InChI is InChI=1S/C20H24N2O2/c1-5-21(3)20(24)19-11-7-10-18(13-19)17-9-6-8-16(12-17)14-22(4)15(2)23/h6-13H,5,14H2,1-4H3. The molecule has 0 fully saturated rings. The zero-order chi connectivity index (χ0) is 17.7. The second kappa shape index (κ2) is 7.77. The smallest absolute Gasteiger partial charge is 0.253 e. The third kappa shape index (κ3) is 4.22. The molecule has 24 heavy (non-hydrogen) atoms. The van der Waals surface area contributed by atoms with Crippen LogP contribution in [-0.2, 0) is 11.3 Å². The molecule has 0 aliphatic carbocycles. The van der Waals surface area contributed by atoms with E-state index in [-0.39, 0.29) is 11.8 Å². The fourth-order valence-electron chi connectivity index (χ4n) is 2.43. The Morgan fingerprint density at radius 1 is 0.917 bits per heavy atom. The maximum Gasteiger partial charge on any atom is 0.253 e. The van der Waals surface area contributed by atoms with E-state index in [1.807, 2.05) is 49.4 Å². The number of rotatable bonds is 5. The Kier molecular flexibility index (Phi) is 5.74. The highest BCUT2D eigenvalue weighted by atomic mass is 16.2. The molecule has 2 aromatic carbocycles. The van der Waals surface area contributed by atoms with Crippen molar-refractivity contribution in [3.8, 4) is 11.1 Å². The maximum atomic E-state index is 12.3. The van der Waals surface area contributed by atoms with Crippen LogP contribution in [0.2, 0.25) is 0 Å². The number of carbonyl (C=O) groups excluding carboxylic acids is 2. The van der Waals surface area contributed by atoms with Gasteiger partial charge in [0, 0.05) is 39.7 Å². The Morgan fingerprint density at radius 3 is 2.17 bits per heavy atom. The summed E-state index contributed by atoms with van der Waals surface area (Å²) < 4.78 is 0. The van der Waals surface area contributed by atoms with Crippen LogP contribution in [0, 0.1) is 0 Å². The van der Waals surface area contributed by atoms with E-state index in [9.17, 15) is 9.59 Å². The Labute approximate surface area is 143 Å². The van der Waals surface area contributed by atoms with Gasteiger partial charge in [-0.25, -0.2) is 0 Å². The summed E-state index contributed by atoms with van der Waals surface area (Å²) in [5.41, 5.74) is 3.78. The van der Waals surface area contributed by atoms with Gasteiger partial charge in [0.25, 0.3) is 5.91 Å². The molecule has 0 heterocycles. The summed E-state index contributed by atoms with van der Waals surface area (Å²) in [5, 5.41) is 0. The van der Waals surface area contributed by atoms with E-state index in [1.165, 1.54) is 0 Å². The van der Waals surface area contributed by atoms with Gasteiger partial charge in [-0.1, -0.05) is 30.3 Å². The molecule has 2 rings (SSSR count). The first-order valence-electron chi connectivity index (χ1n) is 8.09. The summed E-state index contributed by atoms with van der Waals surface area (Å²) in [6.45, 7) is 4.76. The minimum absolute atomic E-state index is 0.0202. The van der Waals surface area contributed by atoms with Gasteiger partial charge < -0.3 is 9.80 Å². The number of benzene rings is 2. The minimum atomic E-state index is 0.0202. The number of carbonyl (C=O) groups is 2. The van der Waals surface area contributed by atoms with Crippen molar-refractivity contribution in [2.75, 3.05) is 20.6 Å². The molecule has 0 bridgehead atoms. The zero-order valence-corrected chi connectivity index (χ0v) is 14.7. The molecule has 0 saturated heterocycles. The molecule has 2 amide bonds. The molecule has 0 aliphatic rings. The second-order valence-electron chi connectivity index (χ2n) is 5.98.